The third kappa shape index (κ3) is 2.63. The van der Waals surface area contributed by atoms with Crippen molar-refractivity contribution in [2.75, 3.05) is 0 Å². The highest BCUT2D eigenvalue weighted by atomic mass is 16.2. The number of carbonyl (C=O) groups excluding carboxylic acids is 1. The van der Waals surface area contributed by atoms with Gasteiger partial charge >= 0.3 is 0 Å². The summed E-state index contributed by atoms with van der Waals surface area (Å²) in [6.07, 6.45) is 0. The van der Waals surface area contributed by atoms with Crippen LogP contribution in [0.3, 0.4) is 0 Å². The highest BCUT2D eigenvalue weighted by Crippen LogP contribution is 2.06. The second-order valence-corrected chi connectivity index (χ2v) is 3.78. The molecule has 0 radical (unpaired) electrons. The Kier molecular flexibility index (Phi) is 3.09. The van der Waals surface area contributed by atoms with E-state index in [2.05, 4.69) is 15.5 Å². The van der Waals surface area contributed by atoms with Crippen LogP contribution in [0.5, 0.6) is 0 Å². The van der Waals surface area contributed by atoms with Crippen molar-refractivity contribution in [1.82, 2.24) is 15.5 Å². The molecule has 0 spiro atoms. The first-order valence-corrected chi connectivity index (χ1v) is 5.27. The molecule has 1 aromatic heterocycles. The van der Waals surface area contributed by atoms with Crippen molar-refractivity contribution in [2.45, 2.75) is 13.5 Å². The predicted molar refractivity (Wildman–Crippen MR) is 63.8 cm³/mol. The van der Waals surface area contributed by atoms with Gasteiger partial charge in [-0.05, 0) is 18.1 Å². The van der Waals surface area contributed by atoms with E-state index >= 15 is 0 Å². The molecule has 0 aliphatic carbocycles. The normalized spacial score (nSPS) is 10.2. The summed E-state index contributed by atoms with van der Waals surface area (Å²) in [5.74, 6) is -0.299. The van der Waals surface area contributed by atoms with Crippen molar-refractivity contribution in [3.05, 3.63) is 57.5 Å². The highest BCUT2D eigenvalue weighted by molar-refractivity contribution is 5.92. The second-order valence-electron chi connectivity index (χ2n) is 3.78. The first-order valence-electron chi connectivity index (χ1n) is 5.27. The number of carbonyl (C=O) groups is 1. The van der Waals surface area contributed by atoms with Gasteiger partial charge in [0, 0.05) is 12.6 Å². The van der Waals surface area contributed by atoms with Gasteiger partial charge in [0.15, 0.2) is 0 Å². The third-order valence-corrected chi connectivity index (χ3v) is 2.54. The van der Waals surface area contributed by atoms with Crippen LogP contribution in [0.1, 0.15) is 21.6 Å². The van der Waals surface area contributed by atoms with Gasteiger partial charge in [-0.15, -0.1) is 0 Å². The number of benzene rings is 1. The molecular formula is C12H13N3O2. The number of rotatable bonds is 3. The summed E-state index contributed by atoms with van der Waals surface area (Å²) in [6.45, 7) is 2.43. The van der Waals surface area contributed by atoms with Gasteiger partial charge in [-0.25, -0.2) is 0 Å². The fraction of sp³-hybridized carbons (Fsp3) is 0.167. The van der Waals surface area contributed by atoms with Gasteiger partial charge in [-0.1, -0.05) is 24.3 Å². The first kappa shape index (κ1) is 11.2. The van der Waals surface area contributed by atoms with E-state index in [1.807, 2.05) is 31.2 Å². The Labute approximate surface area is 97.9 Å². The molecule has 5 heteroatoms. The molecule has 0 bridgehead atoms. The van der Waals surface area contributed by atoms with Gasteiger partial charge in [0.1, 0.15) is 5.69 Å². The minimum Gasteiger partial charge on any atom is -0.347 e. The topological polar surface area (TPSA) is 77.8 Å². The Morgan fingerprint density at radius 3 is 2.71 bits per heavy atom. The number of hydrogen-bond donors (Lipinski definition) is 3. The van der Waals surface area contributed by atoms with E-state index in [0.29, 0.717) is 6.54 Å². The first-order chi connectivity index (χ1) is 8.16. The monoisotopic (exact) mass is 231 g/mol. The SMILES string of the molecule is Cc1ccccc1CNC(=O)c1cc(=O)[nH][nH]1. The Balaban J connectivity index is 2.02. The van der Waals surface area contributed by atoms with E-state index in [1.165, 1.54) is 6.07 Å². The van der Waals surface area contributed by atoms with Gasteiger partial charge in [0.25, 0.3) is 11.5 Å². The van der Waals surface area contributed by atoms with Gasteiger partial charge in [-0.2, -0.15) is 0 Å². The van der Waals surface area contributed by atoms with E-state index in [4.69, 9.17) is 0 Å². The van der Waals surface area contributed by atoms with E-state index in [0.717, 1.165) is 11.1 Å². The number of nitrogens with one attached hydrogen (secondary N) is 3. The lowest BCUT2D eigenvalue weighted by Gasteiger charge is -2.06. The zero-order valence-corrected chi connectivity index (χ0v) is 9.41. The smallest absolute Gasteiger partial charge is 0.269 e. The van der Waals surface area contributed by atoms with Crippen molar-refractivity contribution in [2.24, 2.45) is 0 Å². The van der Waals surface area contributed by atoms with Crippen LogP contribution < -0.4 is 10.9 Å². The van der Waals surface area contributed by atoms with Crippen molar-refractivity contribution < 1.29 is 4.79 Å². The number of aryl methyl sites for hydroxylation is 1. The fourth-order valence-electron chi connectivity index (χ4n) is 1.53. The lowest BCUT2D eigenvalue weighted by atomic mass is 10.1. The Morgan fingerprint density at radius 2 is 2.06 bits per heavy atom. The zero-order valence-electron chi connectivity index (χ0n) is 9.41. The van der Waals surface area contributed by atoms with Gasteiger partial charge in [0.05, 0.1) is 0 Å². The molecule has 0 unspecified atom stereocenters. The summed E-state index contributed by atoms with van der Waals surface area (Å²) >= 11 is 0. The van der Waals surface area contributed by atoms with Gasteiger partial charge in [0.2, 0.25) is 0 Å². The lowest BCUT2D eigenvalue weighted by Crippen LogP contribution is -2.23. The summed E-state index contributed by atoms with van der Waals surface area (Å²) in [7, 11) is 0. The summed E-state index contributed by atoms with van der Waals surface area (Å²) in [6, 6.07) is 9.04. The summed E-state index contributed by atoms with van der Waals surface area (Å²) in [5.41, 5.74) is 2.10. The van der Waals surface area contributed by atoms with Crippen LogP contribution in [0, 0.1) is 6.92 Å². The van der Waals surface area contributed by atoms with Crippen LogP contribution in [0.25, 0.3) is 0 Å². The van der Waals surface area contributed by atoms with Crippen LogP contribution in [0.2, 0.25) is 0 Å². The van der Waals surface area contributed by atoms with Crippen molar-refractivity contribution in [1.29, 1.82) is 0 Å². The molecule has 0 aliphatic heterocycles. The van der Waals surface area contributed by atoms with Crippen LogP contribution >= 0.6 is 0 Å². The molecule has 1 amide bonds. The van der Waals surface area contributed by atoms with Gasteiger partial charge in [-0.3, -0.25) is 19.8 Å². The number of aromatic nitrogens is 2. The van der Waals surface area contributed by atoms with Crippen LogP contribution in [0.15, 0.2) is 35.1 Å². The molecule has 0 saturated carbocycles. The number of amides is 1. The van der Waals surface area contributed by atoms with E-state index in [9.17, 15) is 9.59 Å². The number of aromatic amines is 2. The molecule has 0 fully saturated rings. The predicted octanol–water partition coefficient (Wildman–Crippen LogP) is 0.941. The quantitative estimate of drug-likeness (QED) is 0.735. The molecule has 1 heterocycles. The largest absolute Gasteiger partial charge is 0.347 e. The zero-order chi connectivity index (χ0) is 12.3. The lowest BCUT2D eigenvalue weighted by molar-refractivity contribution is 0.0946. The Bertz CT molecular complexity index is 583. The van der Waals surface area contributed by atoms with Crippen LogP contribution in [0.4, 0.5) is 0 Å². The van der Waals surface area contributed by atoms with E-state index in [-0.39, 0.29) is 17.2 Å². The molecule has 2 rings (SSSR count). The standard InChI is InChI=1S/C12H13N3O2/c1-8-4-2-3-5-9(8)7-13-12(17)10-6-11(16)15-14-10/h2-6H,7H2,1H3,(H,13,17)(H2,14,15,16). The van der Waals surface area contributed by atoms with Gasteiger partial charge < -0.3 is 5.32 Å². The molecule has 17 heavy (non-hydrogen) atoms. The van der Waals surface area contributed by atoms with Crippen molar-refractivity contribution in [3.8, 4) is 0 Å². The maximum atomic E-state index is 11.6. The van der Waals surface area contributed by atoms with E-state index < -0.39 is 0 Å². The Hall–Kier alpha value is -2.30. The van der Waals surface area contributed by atoms with Crippen molar-refractivity contribution in [3.63, 3.8) is 0 Å². The number of hydrogen-bond acceptors (Lipinski definition) is 2. The fourth-order valence-corrected chi connectivity index (χ4v) is 1.53. The molecule has 1 aromatic carbocycles. The minimum atomic E-state index is -0.314. The Morgan fingerprint density at radius 1 is 1.29 bits per heavy atom. The van der Waals surface area contributed by atoms with Crippen LogP contribution in [-0.4, -0.2) is 16.1 Å². The molecule has 3 N–H and O–H groups in total. The average Bonchev–Trinajstić information content (AvgIpc) is 2.74. The molecule has 0 saturated heterocycles. The molecule has 88 valence electrons. The summed E-state index contributed by atoms with van der Waals surface area (Å²) in [5, 5.41) is 7.56. The average molecular weight is 231 g/mol. The number of H-pyrrole nitrogens is 2. The highest BCUT2D eigenvalue weighted by Gasteiger charge is 2.07. The summed E-state index contributed by atoms with van der Waals surface area (Å²) < 4.78 is 0. The van der Waals surface area contributed by atoms with Crippen LogP contribution in [-0.2, 0) is 6.54 Å². The maximum absolute atomic E-state index is 11.6. The molecular weight excluding hydrogens is 218 g/mol. The molecule has 0 aliphatic rings. The summed E-state index contributed by atoms with van der Waals surface area (Å²) in [4.78, 5) is 22.5. The van der Waals surface area contributed by atoms with E-state index in [1.54, 1.807) is 0 Å². The maximum Gasteiger partial charge on any atom is 0.269 e. The molecule has 5 nitrogen and oxygen atoms in total. The second kappa shape index (κ2) is 4.69. The minimum absolute atomic E-state index is 0.239. The third-order valence-electron chi connectivity index (χ3n) is 2.54. The molecule has 0 atom stereocenters. The van der Waals surface area contributed by atoms with Crippen molar-refractivity contribution >= 4 is 5.91 Å². The molecule has 2 aromatic rings.